The van der Waals surface area contributed by atoms with Crippen molar-refractivity contribution >= 4 is 17.4 Å². The topological polar surface area (TPSA) is 72.5 Å². The van der Waals surface area contributed by atoms with Crippen LogP contribution >= 0.6 is 0 Å². The van der Waals surface area contributed by atoms with Crippen LogP contribution in [0.2, 0.25) is 0 Å². The van der Waals surface area contributed by atoms with Gasteiger partial charge in [-0.05, 0) is 25.3 Å². The number of carbonyl (C=O) groups excluding carboxylic acids is 2. The molecule has 0 aliphatic carbocycles. The smallest absolute Gasteiger partial charge is 0.234 e. The highest BCUT2D eigenvalue weighted by molar-refractivity contribution is 6.24. The number of carbonyl (C=O) groups is 2. The zero-order chi connectivity index (χ0) is 13.8. The number of rotatable bonds is 4. The predicted octanol–water partition coefficient (Wildman–Crippen LogP) is 1.57. The molecular weight excluding hydrogens is 240 g/mol. The monoisotopic (exact) mass is 256 g/mol. The molecule has 1 aliphatic heterocycles. The van der Waals surface area contributed by atoms with Gasteiger partial charge in [0, 0.05) is 18.0 Å². The minimum atomic E-state index is -0.893. The first kappa shape index (κ1) is 13.2. The molecule has 0 fully saturated rings. The normalized spacial score (nSPS) is 18.3. The molecule has 1 heterocycles. The Hall–Kier alpha value is -2.23. The molecule has 2 N–H and O–H groups in total. The number of allylic oxidation sites excluding steroid dienone is 1. The van der Waals surface area contributed by atoms with Crippen molar-refractivity contribution in [2.45, 2.75) is 19.8 Å². The van der Waals surface area contributed by atoms with Gasteiger partial charge in [-0.3, -0.25) is 14.6 Å². The van der Waals surface area contributed by atoms with Crippen LogP contribution < -0.4 is 5.73 Å². The molecule has 1 amide bonds. The third kappa shape index (κ3) is 3.16. The highest BCUT2D eigenvalue weighted by Crippen LogP contribution is 2.15. The quantitative estimate of drug-likeness (QED) is 0.830. The molecule has 0 saturated carbocycles. The van der Waals surface area contributed by atoms with Crippen LogP contribution in [0.1, 0.15) is 17.5 Å². The van der Waals surface area contributed by atoms with Gasteiger partial charge in [-0.1, -0.05) is 29.8 Å². The van der Waals surface area contributed by atoms with E-state index in [0.717, 1.165) is 12.0 Å². The Bertz CT molecular complexity index is 556. The van der Waals surface area contributed by atoms with Gasteiger partial charge in [0.25, 0.3) is 0 Å². The van der Waals surface area contributed by atoms with Crippen molar-refractivity contribution in [1.29, 1.82) is 0 Å². The standard InChI is InChI=1S/C15H16N2O2/c1-10-2-4-11(5-3-10)6-7-12-14(15(16)19)13(18)8-9-17-12/h2-5,8-9,14H,6-7H2,1H3,(H2,16,19). The van der Waals surface area contributed by atoms with E-state index in [0.29, 0.717) is 12.1 Å². The van der Waals surface area contributed by atoms with Crippen molar-refractivity contribution < 1.29 is 9.59 Å². The van der Waals surface area contributed by atoms with E-state index in [-0.39, 0.29) is 5.78 Å². The van der Waals surface area contributed by atoms with Gasteiger partial charge in [0.05, 0.1) is 0 Å². The summed E-state index contributed by atoms with van der Waals surface area (Å²) in [6.07, 6.45) is 4.04. The second-order valence-corrected chi connectivity index (χ2v) is 4.66. The molecule has 1 aromatic carbocycles. The lowest BCUT2D eigenvalue weighted by Gasteiger charge is -2.16. The highest BCUT2D eigenvalue weighted by Gasteiger charge is 2.29. The molecule has 1 atom stereocenters. The molecule has 0 saturated heterocycles. The largest absolute Gasteiger partial charge is 0.369 e. The zero-order valence-electron chi connectivity index (χ0n) is 10.8. The van der Waals surface area contributed by atoms with Gasteiger partial charge in [0.1, 0.15) is 5.92 Å². The molecule has 0 aromatic heterocycles. The van der Waals surface area contributed by atoms with Gasteiger partial charge >= 0.3 is 0 Å². The molecule has 0 spiro atoms. The maximum Gasteiger partial charge on any atom is 0.234 e. The van der Waals surface area contributed by atoms with E-state index in [1.807, 2.05) is 31.2 Å². The molecule has 2 rings (SSSR count). The minimum Gasteiger partial charge on any atom is -0.369 e. The van der Waals surface area contributed by atoms with Crippen LogP contribution in [-0.2, 0) is 16.0 Å². The first-order valence-corrected chi connectivity index (χ1v) is 6.20. The number of hydrogen-bond acceptors (Lipinski definition) is 3. The van der Waals surface area contributed by atoms with Crippen LogP contribution in [0.25, 0.3) is 0 Å². The summed E-state index contributed by atoms with van der Waals surface area (Å²) in [6, 6.07) is 8.15. The molecule has 4 heteroatoms. The van der Waals surface area contributed by atoms with Gasteiger partial charge < -0.3 is 5.73 Å². The summed E-state index contributed by atoms with van der Waals surface area (Å²) in [6.45, 7) is 2.03. The summed E-state index contributed by atoms with van der Waals surface area (Å²) >= 11 is 0. The fourth-order valence-corrected chi connectivity index (χ4v) is 2.08. The fraction of sp³-hybridized carbons (Fsp3) is 0.267. The maximum absolute atomic E-state index is 11.6. The molecule has 1 aromatic rings. The number of primary amides is 1. The van der Waals surface area contributed by atoms with Crippen LogP contribution in [0.5, 0.6) is 0 Å². The molecule has 4 nitrogen and oxygen atoms in total. The Balaban J connectivity index is 2.07. The van der Waals surface area contributed by atoms with Crippen LogP contribution in [0.3, 0.4) is 0 Å². The van der Waals surface area contributed by atoms with Crippen molar-refractivity contribution in [3.63, 3.8) is 0 Å². The lowest BCUT2D eigenvalue weighted by atomic mass is 9.91. The first-order valence-electron chi connectivity index (χ1n) is 6.20. The Kier molecular flexibility index (Phi) is 3.90. The lowest BCUT2D eigenvalue weighted by Crippen LogP contribution is -2.37. The molecule has 0 radical (unpaired) electrons. The van der Waals surface area contributed by atoms with Gasteiger partial charge in [0.2, 0.25) is 5.91 Å². The number of ketones is 1. The Morgan fingerprint density at radius 2 is 1.95 bits per heavy atom. The number of aliphatic imine (C=N–C) groups is 1. The third-order valence-electron chi connectivity index (χ3n) is 3.17. The van der Waals surface area contributed by atoms with Crippen molar-refractivity contribution in [3.05, 3.63) is 47.7 Å². The highest BCUT2D eigenvalue weighted by atomic mass is 16.2. The van der Waals surface area contributed by atoms with Crippen LogP contribution in [-0.4, -0.2) is 17.4 Å². The lowest BCUT2D eigenvalue weighted by molar-refractivity contribution is -0.126. The summed E-state index contributed by atoms with van der Waals surface area (Å²) in [7, 11) is 0. The number of benzene rings is 1. The SMILES string of the molecule is Cc1ccc(CCC2=NC=CC(=O)C2C(N)=O)cc1. The zero-order valence-corrected chi connectivity index (χ0v) is 10.8. The minimum absolute atomic E-state index is 0.276. The number of hydrogen-bond donors (Lipinski definition) is 1. The van der Waals surface area contributed by atoms with E-state index in [1.54, 1.807) is 0 Å². The average Bonchev–Trinajstić information content (AvgIpc) is 2.37. The van der Waals surface area contributed by atoms with Gasteiger partial charge in [-0.25, -0.2) is 0 Å². The Morgan fingerprint density at radius 1 is 1.26 bits per heavy atom. The van der Waals surface area contributed by atoms with Gasteiger partial charge in [0.15, 0.2) is 5.78 Å². The first-order chi connectivity index (χ1) is 9.08. The van der Waals surface area contributed by atoms with E-state index in [4.69, 9.17) is 5.73 Å². The van der Waals surface area contributed by atoms with Gasteiger partial charge in [-0.2, -0.15) is 0 Å². The summed E-state index contributed by atoms with van der Waals surface area (Å²) in [4.78, 5) is 27.1. The molecular formula is C15H16N2O2. The summed E-state index contributed by atoms with van der Waals surface area (Å²) in [5.41, 5.74) is 8.17. The summed E-state index contributed by atoms with van der Waals surface area (Å²) < 4.78 is 0. The van der Waals surface area contributed by atoms with E-state index < -0.39 is 11.8 Å². The Labute approximate surface area is 112 Å². The molecule has 1 unspecified atom stereocenters. The molecule has 19 heavy (non-hydrogen) atoms. The van der Waals surface area contributed by atoms with Gasteiger partial charge in [-0.15, -0.1) is 0 Å². The molecule has 0 bridgehead atoms. The van der Waals surface area contributed by atoms with Crippen molar-refractivity contribution in [1.82, 2.24) is 0 Å². The summed E-state index contributed by atoms with van der Waals surface area (Å²) in [5, 5.41) is 0. The molecule has 1 aliphatic rings. The van der Waals surface area contributed by atoms with Crippen LogP contribution in [0.4, 0.5) is 0 Å². The van der Waals surface area contributed by atoms with Crippen LogP contribution in [0.15, 0.2) is 41.5 Å². The van der Waals surface area contributed by atoms with E-state index >= 15 is 0 Å². The van der Waals surface area contributed by atoms with Crippen molar-refractivity contribution in [2.75, 3.05) is 0 Å². The van der Waals surface area contributed by atoms with E-state index in [9.17, 15) is 9.59 Å². The predicted molar refractivity (Wildman–Crippen MR) is 73.8 cm³/mol. The van der Waals surface area contributed by atoms with E-state index in [1.165, 1.54) is 17.8 Å². The number of amides is 1. The van der Waals surface area contributed by atoms with Crippen molar-refractivity contribution in [2.24, 2.45) is 16.6 Å². The molecule has 98 valence electrons. The van der Waals surface area contributed by atoms with E-state index in [2.05, 4.69) is 4.99 Å². The summed E-state index contributed by atoms with van der Waals surface area (Å²) in [5.74, 6) is -1.80. The average molecular weight is 256 g/mol. The third-order valence-corrected chi connectivity index (χ3v) is 3.17. The Morgan fingerprint density at radius 3 is 2.58 bits per heavy atom. The van der Waals surface area contributed by atoms with Crippen molar-refractivity contribution in [3.8, 4) is 0 Å². The second-order valence-electron chi connectivity index (χ2n) is 4.66. The van der Waals surface area contributed by atoms with Crippen LogP contribution in [0, 0.1) is 12.8 Å². The number of nitrogens with zero attached hydrogens (tertiary/aromatic N) is 1. The maximum atomic E-state index is 11.6. The fourth-order valence-electron chi connectivity index (χ4n) is 2.08. The number of nitrogens with two attached hydrogens (primary N) is 1. The number of aryl methyl sites for hydroxylation is 2. The second kappa shape index (κ2) is 5.61.